The number of hydrogen-bond acceptors (Lipinski definition) is 0. The van der Waals surface area contributed by atoms with Crippen molar-refractivity contribution in [3.63, 3.8) is 0 Å². The van der Waals surface area contributed by atoms with Crippen molar-refractivity contribution < 1.29 is 0 Å². The van der Waals surface area contributed by atoms with E-state index < -0.39 is 0 Å². The molecule has 1 aliphatic carbocycles. The van der Waals surface area contributed by atoms with E-state index in [0.29, 0.717) is 0 Å². The smallest absolute Gasteiger partial charge is 0.0488 e. The first kappa shape index (κ1) is 32.9. The van der Waals surface area contributed by atoms with Crippen molar-refractivity contribution in [2.45, 2.75) is 53.0 Å². The van der Waals surface area contributed by atoms with Gasteiger partial charge < -0.3 is 9.13 Å². The van der Waals surface area contributed by atoms with Gasteiger partial charge in [0, 0.05) is 57.6 Å². The van der Waals surface area contributed by atoms with Gasteiger partial charge in [0.15, 0.2) is 0 Å². The van der Waals surface area contributed by atoms with Gasteiger partial charge in [-0.25, -0.2) is 0 Å². The summed E-state index contributed by atoms with van der Waals surface area (Å²) in [6.45, 7) is 11.6. The summed E-state index contributed by atoms with van der Waals surface area (Å²) < 4.78 is 4.89. The van der Waals surface area contributed by atoms with Gasteiger partial charge >= 0.3 is 0 Å². The van der Waals surface area contributed by atoms with E-state index in [-0.39, 0.29) is 0 Å². The molecule has 5 aromatic carbocycles. The largest absolute Gasteiger partial charge is 0.344 e. The maximum absolute atomic E-state index is 3.95. The highest BCUT2D eigenvalue weighted by atomic mass is 15.0. The second-order valence-corrected chi connectivity index (χ2v) is 13.2. The van der Waals surface area contributed by atoms with E-state index in [2.05, 4.69) is 164 Å². The topological polar surface area (TPSA) is 9.86 Å². The molecule has 50 heavy (non-hydrogen) atoms. The summed E-state index contributed by atoms with van der Waals surface area (Å²) in [7, 11) is 0. The number of nitrogens with zero attached hydrogens (tertiary/aromatic N) is 2. The molecule has 7 aromatic rings. The highest BCUT2D eigenvalue weighted by Gasteiger charge is 2.23. The van der Waals surface area contributed by atoms with Crippen molar-refractivity contribution in [2.24, 2.45) is 0 Å². The fourth-order valence-electron chi connectivity index (χ4n) is 7.53. The van der Waals surface area contributed by atoms with Gasteiger partial charge in [-0.15, -0.1) is 6.58 Å². The number of rotatable bonds is 8. The zero-order chi connectivity index (χ0) is 34.5. The molecule has 0 spiro atoms. The van der Waals surface area contributed by atoms with Crippen LogP contribution in [0, 0.1) is 6.92 Å². The van der Waals surface area contributed by atoms with Crippen LogP contribution in [0.3, 0.4) is 0 Å². The highest BCUT2D eigenvalue weighted by Crippen LogP contribution is 2.44. The molecular weight excluding hydrogens is 605 g/mol. The number of aromatic nitrogens is 2. The first-order valence-corrected chi connectivity index (χ1v) is 18.0. The SMILES string of the molecule is C=CCC/C=C(\C)c1c(-c2ccccc2)cc2cn(C3=Cc4c(n(CC)c5ccccc45)CC3)cc2c1-c1ccccc1.Cc1ccccc1. The summed E-state index contributed by atoms with van der Waals surface area (Å²) in [4.78, 5) is 0. The van der Waals surface area contributed by atoms with Gasteiger partial charge in [-0.2, -0.15) is 0 Å². The second-order valence-electron chi connectivity index (χ2n) is 13.2. The van der Waals surface area contributed by atoms with Gasteiger partial charge in [-0.1, -0.05) is 127 Å². The predicted molar refractivity (Wildman–Crippen MR) is 217 cm³/mol. The van der Waals surface area contributed by atoms with Crippen molar-refractivity contribution in [3.8, 4) is 22.3 Å². The number of fused-ring (bicyclic) bond motifs is 4. The van der Waals surface area contributed by atoms with Crippen LogP contribution < -0.4 is 0 Å². The van der Waals surface area contributed by atoms with Crippen molar-refractivity contribution in [3.05, 3.63) is 175 Å². The predicted octanol–water partition coefficient (Wildman–Crippen LogP) is 13.3. The molecule has 0 radical (unpaired) electrons. The lowest BCUT2D eigenvalue weighted by Gasteiger charge is -2.18. The molecule has 0 amide bonds. The van der Waals surface area contributed by atoms with E-state index in [9.17, 15) is 0 Å². The average Bonchev–Trinajstić information content (AvgIpc) is 3.74. The lowest BCUT2D eigenvalue weighted by Crippen LogP contribution is -2.07. The minimum absolute atomic E-state index is 0.974. The average molecular weight is 651 g/mol. The summed E-state index contributed by atoms with van der Waals surface area (Å²) >= 11 is 0. The number of hydrogen-bond donors (Lipinski definition) is 0. The van der Waals surface area contributed by atoms with Crippen LogP contribution in [0.5, 0.6) is 0 Å². The summed E-state index contributed by atoms with van der Waals surface area (Å²) in [6, 6.07) is 43.3. The number of para-hydroxylation sites is 1. The quantitative estimate of drug-likeness (QED) is 0.114. The van der Waals surface area contributed by atoms with Crippen LogP contribution in [-0.4, -0.2) is 9.13 Å². The van der Waals surface area contributed by atoms with Crippen molar-refractivity contribution >= 4 is 39.0 Å². The minimum atomic E-state index is 0.974. The molecule has 0 unspecified atom stereocenters. The molecule has 1 aliphatic rings. The van der Waals surface area contributed by atoms with Gasteiger partial charge in [0.2, 0.25) is 0 Å². The molecule has 0 fully saturated rings. The third-order valence-corrected chi connectivity index (χ3v) is 9.95. The van der Waals surface area contributed by atoms with Crippen LogP contribution in [-0.2, 0) is 13.0 Å². The summed E-state index contributed by atoms with van der Waals surface area (Å²) in [6.07, 6.45) is 15.6. The Kier molecular flexibility index (Phi) is 9.80. The van der Waals surface area contributed by atoms with Gasteiger partial charge in [-0.3, -0.25) is 0 Å². The minimum Gasteiger partial charge on any atom is -0.344 e. The standard InChI is InChI=1S/C41H38N2.C7H8/c1-4-6-9-16-29(3)40-35(30-17-10-7-11-18-30)25-32-27-42(28-37(32)41(40)31-19-12-8-13-20-31)33-23-24-39-36(26-33)34-21-14-15-22-38(34)43(39)5-2;1-7-5-3-2-4-6-7/h4,7-8,10-22,25-28H,1,5-6,9,23-24H2,2-3H3;2-6H,1H3/b29-16+;. The number of aryl methyl sites for hydroxylation is 2. The van der Waals surface area contributed by atoms with E-state index in [4.69, 9.17) is 0 Å². The molecule has 2 aromatic heterocycles. The van der Waals surface area contributed by atoms with Gasteiger partial charge in [0.1, 0.15) is 0 Å². The number of benzene rings is 5. The number of unbranched alkanes of at least 4 members (excludes halogenated alkanes) is 1. The van der Waals surface area contributed by atoms with Crippen molar-refractivity contribution in [1.29, 1.82) is 0 Å². The van der Waals surface area contributed by atoms with Gasteiger partial charge in [0.25, 0.3) is 0 Å². The monoisotopic (exact) mass is 650 g/mol. The molecular formula is C48H46N2. The van der Waals surface area contributed by atoms with Crippen LogP contribution in [0.2, 0.25) is 0 Å². The fourth-order valence-corrected chi connectivity index (χ4v) is 7.53. The molecule has 0 atom stereocenters. The lowest BCUT2D eigenvalue weighted by molar-refractivity contribution is 0.726. The Morgan fingerprint density at radius 3 is 2.06 bits per heavy atom. The molecule has 2 heteroatoms. The molecule has 0 bridgehead atoms. The fraction of sp³-hybridized carbons (Fsp3) is 0.167. The third kappa shape index (κ3) is 6.54. The third-order valence-electron chi connectivity index (χ3n) is 9.95. The maximum atomic E-state index is 3.95. The Bertz CT molecular complexity index is 2310. The molecule has 0 N–H and O–H groups in total. The van der Waals surface area contributed by atoms with Crippen LogP contribution >= 0.6 is 0 Å². The zero-order valence-electron chi connectivity index (χ0n) is 29.6. The molecule has 2 nitrogen and oxygen atoms in total. The first-order valence-electron chi connectivity index (χ1n) is 18.0. The number of allylic oxidation sites excluding steroid dienone is 4. The van der Waals surface area contributed by atoms with E-state index in [1.807, 2.05) is 24.3 Å². The van der Waals surface area contributed by atoms with E-state index in [0.717, 1.165) is 32.2 Å². The molecule has 0 saturated carbocycles. The summed E-state index contributed by atoms with van der Waals surface area (Å²) in [5.74, 6) is 0. The van der Waals surface area contributed by atoms with Gasteiger partial charge in [-0.05, 0) is 98.1 Å². The van der Waals surface area contributed by atoms with E-state index >= 15 is 0 Å². The summed E-state index contributed by atoms with van der Waals surface area (Å²) in [5, 5.41) is 3.91. The first-order chi connectivity index (χ1) is 24.6. The molecule has 0 aliphatic heterocycles. The molecule has 2 heterocycles. The van der Waals surface area contributed by atoms with Crippen LogP contribution in [0.1, 0.15) is 55.5 Å². The van der Waals surface area contributed by atoms with Crippen LogP contribution in [0.4, 0.5) is 0 Å². The maximum Gasteiger partial charge on any atom is 0.0488 e. The van der Waals surface area contributed by atoms with Crippen LogP contribution in [0.25, 0.3) is 61.3 Å². The van der Waals surface area contributed by atoms with Crippen molar-refractivity contribution in [2.75, 3.05) is 0 Å². The molecule has 0 saturated heterocycles. The second kappa shape index (κ2) is 14.9. The molecule has 248 valence electrons. The Morgan fingerprint density at radius 1 is 0.740 bits per heavy atom. The normalized spacial score (nSPS) is 12.7. The highest BCUT2D eigenvalue weighted by molar-refractivity contribution is 6.08. The lowest BCUT2D eigenvalue weighted by atomic mass is 9.85. The Morgan fingerprint density at radius 2 is 1.40 bits per heavy atom. The zero-order valence-corrected chi connectivity index (χ0v) is 29.6. The Labute approximate surface area is 297 Å². The van der Waals surface area contributed by atoms with Crippen LogP contribution in [0.15, 0.2) is 152 Å². The summed E-state index contributed by atoms with van der Waals surface area (Å²) in [5.41, 5.74) is 14.6. The Hall–Kier alpha value is -5.60. The van der Waals surface area contributed by atoms with Crippen molar-refractivity contribution in [1.82, 2.24) is 9.13 Å². The van der Waals surface area contributed by atoms with E-state index in [1.165, 1.54) is 77.6 Å². The van der Waals surface area contributed by atoms with E-state index in [1.54, 1.807) is 0 Å². The Balaban J connectivity index is 0.000000501. The molecule has 8 rings (SSSR count). The van der Waals surface area contributed by atoms with Gasteiger partial charge in [0.05, 0.1) is 0 Å².